The van der Waals surface area contributed by atoms with Crippen LogP contribution in [0.4, 0.5) is 0 Å². The van der Waals surface area contributed by atoms with Crippen molar-refractivity contribution >= 4 is 81.2 Å². The van der Waals surface area contributed by atoms with Gasteiger partial charge in [0.05, 0.1) is 10.8 Å². The van der Waals surface area contributed by atoms with E-state index >= 15 is 0 Å². The third-order valence-electron chi connectivity index (χ3n) is 11.7. The van der Waals surface area contributed by atoms with Gasteiger partial charge in [-0.2, -0.15) is 0 Å². The van der Waals surface area contributed by atoms with Gasteiger partial charge in [-0.1, -0.05) is 119 Å². The molecular weight excluding hydrogens is 569 g/mol. The molecule has 4 aromatic carbocycles. The topological polar surface area (TPSA) is 26.3 Å². The van der Waals surface area contributed by atoms with Crippen molar-refractivity contribution in [3.8, 4) is 0 Å². The van der Waals surface area contributed by atoms with Gasteiger partial charge in [0.1, 0.15) is 27.3 Å². The van der Waals surface area contributed by atoms with Crippen molar-refractivity contribution in [2.24, 2.45) is 0 Å². The maximum Gasteiger partial charge on any atom is 0.141 e. The Morgan fingerprint density at radius 3 is 0.909 bits per heavy atom. The maximum absolute atomic E-state index is 6.97. The van der Waals surface area contributed by atoms with Gasteiger partial charge in [-0.3, -0.25) is 0 Å². The van der Waals surface area contributed by atoms with Crippen molar-refractivity contribution in [3.63, 3.8) is 0 Å². The zero-order valence-corrected chi connectivity index (χ0v) is 31.1. The predicted octanol–water partition coefficient (Wildman–Crippen LogP) is 12.4. The summed E-state index contributed by atoms with van der Waals surface area (Å²) in [5, 5.41) is 12.5. The Bertz CT molecular complexity index is 1810. The third-order valence-corrected chi connectivity index (χ3v) is 25.4. The molecule has 0 unspecified atom stereocenters. The lowest BCUT2D eigenvalue weighted by molar-refractivity contribution is 0.636. The fourth-order valence-corrected chi connectivity index (χ4v) is 22.9. The Morgan fingerprint density at radius 2 is 0.614 bits per heavy atom. The predicted molar refractivity (Wildman–Crippen MR) is 200 cm³/mol. The van der Waals surface area contributed by atoms with Gasteiger partial charge in [0.15, 0.2) is 0 Å². The van der Waals surface area contributed by atoms with Crippen LogP contribution in [0.5, 0.6) is 0 Å². The van der Waals surface area contributed by atoms with Gasteiger partial charge in [0.2, 0.25) is 0 Å². The second-order valence-electron chi connectivity index (χ2n) is 15.4. The van der Waals surface area contributed by atoms with Crippen molar-refractivity contribution < 1.29 is 8.83 Å². The third kappa shape index (κ3) is 4.16. The highest BCUT2D eigenvalue weighted by Gasteiger charge is 2.48. The van der Waals surface area contributed by atoms with Crippen LogP contribution >= 0.6 is 0 Å². The van der Waals surface area contributed by atoms with E-state index in [4.69, 9.17) is 8.83 Å². The molecule has 0 saturated heterocycles. The molecule has 232 valence electrons. The summed E-state index contributed by atoms with van der Waals surface area (Å²) >= 11 is 0. The first-order valence-corrected chi connectivity index (χ1v) is 21.5. The lowest BCUT2D eigenvalue weighted by Gasteiger charge is -2.41. The molecule has 0 saturated carbocycles. The van der Waals surface area contributed by atoms with Crippen LogP contribution < -0.4 is 10.8 Å². The lowest BCUT2D eigenvalue weighted by atomic mass is 9.96. The van der Waals surface area contributed by atoms with Crippen molar-refractivity contribution in [2.45, 2.75) is 116 Å². The Hall–Kier alpha value is -2.83. The Labute approximate surface area is 266 Å². The molecule has 0 spiro atoms. The van der Waals surface area contributed by atoms with E-state index in [1.54, 1.807) is 0 Å². The first-order valence-electron chi connectivity index (χ1n) is 17.0. The molecule has 2 nitrogen and oxygen atoms in total. The van der Waals surface area contributed by atoms with Crippen molar-refractivity contribution in [3.05, 3.63) is 60.7 Å². The molecule has 0 fully saturated rings. The van der Waals surface area contributed by atoms with Gasteiger partial charge in [-0.15, -0.1) is 0 Å². The highest BCUT2D eigenvalue weighted by atomic mass is 28.3. The lowest BCUT2D eigenvalue weighted by Crippen LogP contribution is -2.55. The van der Waals surface area contributed by atoms with E-state index in [-0.39, 0.29) is 0 Å². The van der Waals surface area contributed by atoms with Crippen LogP contribution in [-0.2, 0) is 0 Å². The van der Waals surface area contributed by atoms with Crippen LogP contribution in [0.2, 0.25) is 33.2 Å². The summed E-state index contributed by atoms with van der Waals surface area (Å²) in [6, 6.07) is 23.2. The molecule has 0 aliphatic carbocycles. The minimum Gasteiger partial charge on any atom is -0.466 e. The zero-order chi connectivity index (χ0) is 31.9. The van der Waals surface area contributed by atoms with Crippen LogP contribution in [0, 0.1) is 0 Å². The molecule has 0 amide bonds. The number of hydrogen-bond donors (Lipinski definition) is 0. The fourth-order valence-electron chi connectivity index (χ4n) is 10.2. The Morgan fingerprint density at radius 1 is 0.364 bits per heavy atom. The van der Waals surface area contributed by atoms with Gasteiger partial charge in [0.25, 0.3) is 0 Å². The Balaban J connectivity index is 1.57. The first kappa shape index (κ1) is 31.2. The monoisotopic (exact) mass is 620 g/mol. The maximum atomic E-state index is 6.97. The highest BCUT2D eigenvalue weighted by molar-refractivity contribution is 6.94. The molecule has 0 atom stereocenters. The van der Waals surface area contributed by atoms with Crippen LogP contribution in [0.3, 0.4) is 0 Å². The van der Waals surface area contributed by atoms with E-state index < -0.39 is 16.1 Å². The first-order chi connectivity index (χ1) is 20.8. The van der Waals surface area contributed by atoms with Crippen LogP contribution in [0.1, 0.15) is 83.1 Å². The molecule has 44 heavy (non-hydrogen) atoms. The highest BCUT2D eigenvalue weighted by Crippen LogP contribution is 2.45. The average Bonchev–Trinajstić information content (AvgIpc) is 3.57. The molecule has 2 aromatic heterocycles. The van der Waals surface area contributed by atoms with Crippen LogP contribution in [-0.4, -0.2) is 16.1 Å². The van der Waals surface area contributed by atoms with Gasteiger partial charge < -0.3 is 8.83 Å². The molecule has 0 radical (unpaired) electrons. The molecule has 6 rings (SSSR count). The molecule has 2 heterocycles. The fraction of sp³-hybridized carbons (Fsp3) is 0.450. The summed E-state index contributed by atoms with van der Waals surface area (Å²) in [5.74, 6) is 0. The quantitative estimate of drug-likeness (QED) is 0.125. The van der Waals surface area contributed by atoms with Gasteiger partial charge in [-0.25, -0.2) is 0 Å². The summed E-state index contributed by atoms with van der Waals surface area (Å²) < 4.78 is 13.9. The standard InChI is InChI=1S/C40H52O2Si2/c1-23(2)43(24(3)4,25(5)6)37-21-29-13-15-33-31-18-20-36-34(32(31)17-19-35(33)39(29)41-37)16-14-30-22-38(42-40(30)36)44(26(7)8,27(9)10)28(11)12/h13-28H,1-12H3. The summed E-state index contributed by atoms with van der Waals surface area (Å²) in [6.45, 7) is 28.9. The summed E-state index contributed by atoms with van der Waals surface area (Å²) in [4.78, 5) is 0. The van der Waals surface area contributed by atoms with Crippen molar-refractivity contribution in [2.75, 3.05) is 0 Å². The number of hydrogen-bond acceptors (Lipinski definition) is 2. The SMILES string of the molecule is CC(C)[Si](c1cc2ccc3c4ccc5c(ccc6cc([Si](C(C)C)(C(C)C)C(C)C)oc65)c4ccc3c2o1)(C(C)C)C(C)C. The molecule has 0 N–H and O–H groups in total. The van der Waals surface area contributed by atoms with E-state index in [1.807, 2.05) is 0 Å². The Kier molecular flexibility index (Phi) is 7.73. The number of benzene rings is 4. The van der Waals surface area contributed by atoms with E-state index in [2.05, 4.69) is 144 Å². The molecule has 4 heteroatoms. The molecule has 0 bridgehead atoms. The minimum atomic E-state index is -1.90. The second kappa shape index (κ2) is 10.9. The van der Waals surface area contributed by atoms with Gasteiger partial charge in [-0.05, 0) is 79.1 Å². The smallest absolute Gasteiger partial charge is 0.141 e. The normalized spacial score (nSPS) is 13.8. The van der Waals surface area contributed by atoms with Gasteiger partial charge >= 0.3 is 0 Å². The zero-order valence-electron chi connectivity index (χ0n) is 29.1. The van der Waals surface area contributed by atoms with Crippen molar-refractivity contribution in [1.29, 1.82) is 0 Å². The van der Waals surface area contributed by atoms with Crippen LogP contribution in [0.15, 0.2) is 69.5 Å². The number of furan rings is 2. The molecule has 0 aliphatic heterocycles. The van der Waals surface area contributed by atoms with E-state index in [0.29, 0.717) is 33.2 Å². The summed E-state index contributed by atoms with van der Waals surface area (Å²) in [7, 11) is -3.80. The molecule has 6 aromatic rings. The van der Waals surface area contributed by atoms with E-state index in [1.165, 1.54) is 53.9 Å². The second-order valence-corrected chi connectivity index (χ2v) is 27.0. The number of rotatable bonds is 8. The van der Waals surface area contributed by atoms with E-state index in [0.717, 1.165) is 11.2 Å². The van der Waals surface area contributed by atoms with Gasteiger partial charge in [0, 0.05) is 21.5 Å². The van der Waals surface area contributed by atoms with Crippen LogP contribution in [0.25, 0.3) is 54.3 Å². The average molecular weight is 621 g/mol. The van der Waals surface area contributed by atoms with E-state index in [9.17, 15) is 0 Å². The minimum absolute atomic E-state index is 0.606. The summed E-state index contributed by atoms with van der Waals surface area (Å²) in [6.07, 6.45) is 0. The molecular formula is C40H52O2Si2. The summed E-state index contributed by atoms with van der Waals surface area (Å²) in [5.41, 5.74) is 5.73. The molecule has 0 aliphatic rings. The number of fused-ring (bicyclic) bond motifs is 9. The van der Waals surface area contributed by atoms with Crippen molar-refractivity contribution in [1.82, 2.24) is 0 Å². The largest absolute Gasteiger partial charge is 0.466 e.